The van der Waals surface area contributed by atoms with Gasteiger partial charge < -0.3 is 40.0 Å². The summed E-state index contributed by atoms with van der Waals surface area (Å²) in [7, 11) is 5.46. The number of fused-ring (bicyclic) bond motifs is 3. The van der Waals surface area contributed by atoms with Gasteiger partial charge in [0.1, 0.15) is 17.9 Å². The fourth-order valence-corrected chi connectivity index (χ4v) is 8.65. The third kappa shape index (κ3) is 6.61. The van der Waals surface area contributed by atoms with Crippen LogP contribution in [-0.4, -0.2) is 104 Å². The topological polar surface area (TPSA) is 142 Å². The number of amides is 2. The van der Waals surface area contributed by atoms with Crippen LogP contribution in [0.15, 0.2) is 30.3 Å². The second kappa shape index (κ2) is 14.1. The van der Waals surface area contributed by atoms with E-state index >= 15 is 0 Å². The van der Waals surface area contributed by atoms with Gasteiger partial charge in [-0.15, -0.1) is 0 Å². The van der Waals surface area contributed by atoms with Crippen LogP contribution in [0, 0.1) is 29.1 Å². The number of likely N-dealkylation sites (N-methyl/N-ethyl adjacent to an activating group) is 1. The minimum atomic E-state index is -0.904. The van der Waals surface area contributed by atoms with Crippen molar-refractivity contribution in [1.29, 1.82) is 0 Å². The summed E-state index contributed by atoms with van der Waals surface area (Å²) in [6.45, 7) is 9.49. The lowest BCUT2D eigenvalue weighted by Gasteiger charge is -2.62. The smallest absolute Gasteiger partial charge is 0.255 e. The Labute approximate surface area is 289 Å². The molecule has 2 aliphatic heterocycles. The molecule has 2 bridgehead atoms. The normalized spacial score (nSPS) is 29.0. The van der Waals surface area contributed by atoms with Gasteiger partial charge in [0, 0.05) is 36.2 Å². The number of carbonyl (C=O) groups is 2. The number of hydroxylamine groups is 2. The minimum absolute atomic E-state index is 0.0128. The standard InChI is InChI=1S/C37H52N4O8/c1-20-27-15-24(37(27,3)4)16-28(20)39-36(45)32-31(21(2)43)30(18-42)49-41(32)17-22-9-8-10-25(33(22)46-7)23-13-26(34-29(14-23)47-19-48-34)35(44)38-11-12-40(5)6/h8-10,13-14,20-21,24,27-28,30-32,42-43H,11-12,15-19H2,1-7H3,(H,38,44)(H,39,45)/t20-,21-,24+,27-,28-,30-,31+,32?/m0/s1. The first-order valence-corrected chi connectivity index (χ1v) is 17.4. The molecule has 0 spiro atoms. The van der Waals surface area contributed by atoms with Crippen molar-refractivity contribution in [2.75, 3.05) is 47.7 Å². The molecule has 2 aromatic carbocycles. The summed E-state index contributed by atoms with van der Waals surface area (Å²) >= 11 is 0. The van der Waals surface area contributed by atoms with E-state index < -0.39 is 24.2 Å². The molecule has 8 atom stereocenters. The zero-order valence-electron chi connectivity index (χ0n) is 29.7. The summed E-state index contributed by atoms with van der Waals surface area (Å²) in [5, 5.41) is 29.0. The van der Waals surface area contributed by atoms with Gasteiger partial charge in [-0.05, 0) is 74.7 Å². The Morgan fingerprint density at radius 3 is 2.61 bits per heavy atom. The molecule has 1 unspecified atom stereocenters. The van der Waals surface area contributed by atoms with Gasteiger partial charge in [0.05, 0.1) is 31.9 Å². The third-order valence-corrected chi connectivity index (χ3v) is 11.6. The van der Waals surface area contributed by atoms with Gasteiger partial charge in [-0.25, -0.2) is 0 Å². The number of rotatable bonds is 12. The lowest BCUT2D eigenvalue weighted by Crippen LogP contribution is -2.62. The molecule has 2 amide bonds. The van der Waals surface area contributed by atoms with E-state index in [1.165, 1.54) is 6.42 Å². The molecule has 2 heterocycles. The van der Waals surface area contributed by atoms with Crippen molar-refractivity contribution in [3.63, 3.8) is 0 Å². The molecule has 0 radical (unpaired) electrons. The van der Waals surface area contributed by atoms with Crippen LogP contribution in [-0.2, 0) is 16.2 Å². The predicted molar refractivity (Wildman–Crippen MR) is 183 cm³/mol. The lowest BCUT2D eigenvalue weighted by molar-refractivity contribution is -0.183. The highest BCUT2D eigenvalue weighted by atomic mass is 16.7. The Bertz CT molecular complexity index is 1550. The first-order chi connectivity index (χ1) is 23.3. The molecule has 0 aromatic heterocycles. The van der Waals surface area contributed by atoms with E-state index in [0.29, 0.717) is 64.8 Å². The summed E-state index contributed by atoms with van der Waals surface area (Å²) in [5.41, 5.74) is 2.78. The van der Waals surface area contributed by atoms with E-state index in [0.717, 1.165) is 12.0 Å². The number of carbonyl (C=O) groups excluding carboxylic acids is 2. The van der Waals surface area contributed by atoms with E-state index in [1.54, 1.807) is 25.2 Å². The molecule has 268 valence electrons. The van der Waals surface area contributed by atoms with E-state index in [-0.39, 0.29) is 43.2 Å². The Balaban J connectivity index is 1.28. The van der Waals surface area contributed by atoms with Crippen LogP contribution in [0.5, 0.6) is 17.2 Å². The number of hydrogen-bond donors (Lipinski definition) is 4. The summed E-state index contributed by atoms with van der Waals surface area (Å²) < 4.78 is 17.4. The van der Waals surface area contributed by atoms with E-state index in [2.05, 4.69) is 31.4 Å². The molecule has 5 aliphatic rings. The number of hydrogen-bond acceptors (Lipinski definition) is 10. The molecule has 2 aromatic rings. The van der Waals surface area contributed by atoms with Crippen LogP contribution >= 0.6 is 0 Å². The largest absolute Gasteiger partial charge is 0.496 e. The van der Waals surface area contributed by atoms with E-state index in [9.17, 15) is 19.8 Å². The van der Waals surface area contributed by atoms with Gasteiger partial charge in [0.15, 0.2) is 11.5 Å². The molecule has 3 aliphatic carbocycles. The Hall–Kier alpha value is -3.42. The van der Waals surface area contributed by atoms with E-state index in [1.807, 2.05) is 43.3 Å². The fraction of sp³-hybridized carbons (Fsp3) is 0.622. The number of aliphatic hydroxyl groups is 2. The second-order valence-electron chi connectivity index (χ2n) is 15.0. The number of methoxy groups -OCH3 is 1. The molecule has 12 heteroatoms. The number of benzene rings is 2. The zero-order valence-corrected chi connectivity index (χ0v) is 29.7. The number of aliphatic hydroxyl groups excluding tert-OH is 2. The van der Waals surface area contributed by atoms with Crippen molar-refractivity contribution in [2.45, 2.75) is 71.4 Å². The van der Waals surface area contributed by atoms with Crippen LogP contribution in [0.1, 0.15) is 56.5 Å². The monoisotopic (exact) mass is 680 g/mol. The van der Waals surface area contributed by atoms with Crippen LogP contribution in [0.2, 0.25) is 0 Å². The van der Waals surface area contributed by atoms with Gasteiger partial charge in [0.2, 0.25) is 12.7 Å². The first kappa shape index (κ1) is 35.4. The summed E-state index contributed by atoms with van der Waals surface area (Å²) in [4.78, 5) is 35.7. The maximum atomic E-state index is 14.2. The van der Waals surface area contributed by atoms with Gasteiger partial charge in [-0.3, -0.25) is 14.4 Å². The SMILES string of the molecule is COc1c(CN2O[C@@H](CO)[C@@H]([C@H](C)O)C2C(=O)N[C@H]2C[C@H]3C[C@@H]([C@@H]2C)C3(C)C)cccc1-c1cc2c(c(C(=O)NCCN(C)C)c1)OCO2. The Morgan fingerprint density at radius 2 is 1.96 bits per heavy atom. The van der Waals surface area contributed by atoms with Crippen molar-refractivity contribution in [3.05, 3.63) is 41.5 Å². The summed E-state index contributed by atoms with van der Waals surface area (Å²) in [5.74, 6) is 1.72. The molecule has 7 rings (SSSR count). The molecule has 4 fully saturated rings. The molecule has 3 saturated carbocycles. The quantitative estimate of drug-likeness (QED) is 0.264. The highest BCUT2D eigenvalue weighted by molar-refractivity contribution is 5.99. The first-order valence-electron chi connectivity index (χ1n) is 17.4. The molecule has 12 nitrogen and oxygen atoms in total. The molecule has 49 heavy (non-hydrogen) atoms. The van der Waals surface area contributed by atoms with Crippen molar-refractivity contribution in [3.8, 4) is 28.4 Å². The number of nitrogens with zero attached hydrogens (tertiary/aromatic N) is 2. The van der Waals surface area contributed by atoms with Crippen molar-refractivity contribution in [1.82, 2.24) is 20.6 Å². The van der Waals surface area contributed by atoms with Crippen LogP contribution in [0.25, 0.3) is 11.1 Å². The Kier molecular flexibility index (Phi) is 10.2. The number of ether oxygens (including phenoxy) is 3. The van der Waals surface area contributed by atoms with Crippen LogP contribution in [0.3, 0.4) is 0 Å². The van der Waals surface area contributed by atoms with Crippen LogP contribution < -0.4 is 24.8 Å². The maximum absolute atomic E-state index is 14.2. The molecule has 1 saturated heterocycles. The summed E-state index contributed by atoms with van der Waals surface area (Å²) in [6, 6.07) is 8.46. The van der Waals surface area contributed by atoms with E-state index in [4.69, 9.17) is 19.0 Å². The van der Waals surface area contributed by atoms with Crippen molar-refractivity contribution in [2.24, 2.45) is 29.1 Å². The number of nitrogens with one attached hydrogen (secondary N) is 2. The van der Waals surface area contributed by atoms with Gasteiger partial charge in [0.25, 0.3) is 5.91 Å². The Morgan fingerprint density at radius 1 is 1.18 bits per heavy atom. The average Bonchev–Trinajstić information content (AvgIpc) is 3.69. The minimum Gasteiger partial charge on any atom is -0.496 e. The summed E-state index contributed by atoms with van der Waals surface area (Å²) in [6.07, 6.45) is 0.458. The predicted octanol–water partition coefficient (Wildman–Crippen LogP) is 3.04. The average molecular weight is 681 g/mol. The van der Waals surface area contributed by atoms with Crippen molar-refractivity contribution < 1.29 is 38.9 Å². The zero-order chi connectivity index (χ0) is 35.2. The highest BCUT2D eigenvalue weighted by Gasteiger charge is 2.57. The van der Waals surface area contributed by atoms with Gasteiger partial charge >= 0.3 is 0 Å². The second-order valence-corrected chi connectivity index (χ2v) is 15.0. The fourth-order valence-electron chi connectivity index (χ4n) is 8.65. The highest BCUT2D eigenvalue weighted by Crippen LogP contribution is 2.61. The number of para-hydroxylation sites is 1. The molecule has 4 N–H and O–H groups in total. The van der Waals surface area contributed by atoms with Crippen LogP contribution in [0.4, 0.5) is 0 Å². The molecular formula is C37H52N4O8. The molecular weight excluding hydrogens is 628 g/mol. The maximum Gasteiger partial charge on any atom is 0.255 e. The van der Waals surface area contributed by atoms with Gasteiger partial charge in [-0.1, -0.05) is 39.0 Å². The third-order valence-electron chi connectivity index (χ3n) is 11.6. The lowest BCUT2D eigenvalue weighted by atomic mass is 9.45. The van der Waals surface area contributed by atoms with Crippen molar-refractivity contribution >= 4 is 11.8 Å². The van der Waals surface area contributed by atoms with Gasteiger partial charge in [-0.2, -0.15) is 5.06 Å².